The highest BCUT2D eigenvalue weighted by atomic mass is 16.2. The van der Waals surface area contributed by atoms with Crippen molar-refractivity contribution in [1.29, 1.82) is 0 Å². The standard InChI is InChI=1S/C24H21N3O/c28-23(14-17-10-12-19(13-11-17)18-6-2-1-3-7-18)27-15-20(16-27)24-25-21-8-4-5-9-22(21)26-24/h1-13,20H,14-16H2,(H,25,26). The second-order valence-electron chi connectivity index (χ2n) is 7.37. The summed E-state index contributed by atoms with van der Waals surface area (Å²) >= 11 is 0. The van der Waals surface area contributed by atoms with Gasteiger partial charge in [-0.3, -0.25) is 4.79 Å². The fourth-order valence-corrected chi connectivity index (χ4v) is 3.75. The van der Waals surface area contributed by atoms with Crippen molar-refractivity contribution in [2.24, 2.45) is 0 Å². The van der Waals surface area contributed by atoms with Gasteiger partial charge in [0.2, 0.25) is 5.91 Å². The lowest BCUT2D eigenvalue weighted by atomic mass is 9.97. The highest BCUT2D eigenvalue weighted by Crippen LogP contribution is 2.27. The van der Waals surface area contributed by atoms with Crippen LogP contribution in [0.1, 0.15) is 17.3 Å². The molecule has 1 amide bonds. The summed E-state index contributed by atoms with van der Waals surface area (Å²) in [5.41, 5.74) is 5.46. The summed E-state index contributed by atoms with van der Waals surface area (Å²) in [5.74, 6) is 1.47. The van der Waals surface area contributed by atoms with Crippen LogP contribution in [0.25, 0.3) is 22.2 Å². The van der Waals surface area contributed by atoms with Gasteiger partial charge in [0, 0.05) is 13.1 Å². The number of nitrogens with one attached hydrogen (secondary N) is 1. The molecule has 0 radical (unpaired) electrons. The molecule has 5 rings (SSSR count). The first kappa shape index (κ1) is 16.8. The summed E-state index contributed by atoms with van der Waals surface area (Å²) < 4.78 is 0. The van der Waals surface area contributed by atoms with Gasteiger partial charge in [0.05, 0.1) is 23.4 Å². The number of amides is 1. The summed E-state index contributed by atoms with van der Waals surface area (Å²) in [5, 5.41) is 0. The summed E-state index contributed by atoms with van der Waals surface area (Å²) in [6, 6.07) is 26.6. The number of hydrogen-bond donors (Lipinski definition) is 1. The number of carbonyl (C=O) groups is 1. The second-order valence-corrected chi connectivity index (χ2v) is 7.37. The molecule has 138 valence electrons. The molecule has 1 aliphatic heterocycles. The van der Waals surface area contributed by atoms with E-state index in [1.165, 1.54) is 11.1 Å². The Bertz CT molecular complexity index is 1080. The molecule has 2 heterocycles. The Morgan fingerprint density at radius 3 is 2.32 bits per heavy atom. The lowest BCUT2D eigenvalue weighted by molar-refractivity contribution is -0.134. The topological polar surface area (TPSA) is 49.0 Å². The Morgan fingerprint density at radius 1 is 0.893 bits per heavy atom. The molecule has 0 unspecified atom stereocenters. The Hall–Kier alpha value is -3.40. The average Bonchev–Trinajstić information content (AvgIpc) is 3.11. The quantitative estimate of drug-likeness (QED) is 0.581. The number of para-hydroxylation sites is 2. The van der Waals surface area contributed by atoms with Crippen LogP contribution < -0.4 is 0 Å². The number of nitrogens with zero attached hydrogens (tertiary/aromatic N) is 2. The van der Waals surface area contributed by atoms with Gasteiger partial charge < -0.3 is 9.88 Å². The van der Waals surface area contributed by atoms with Crippen molar-refractivity contribution in [2.45, 2.75) is 12.3 Å². The van der Waals surface area contributed by atoms with E-state index in [1.54, 1.807) is 0 Å². The largest absolute Gasteiger partial charge is 0.342 e. The number of hydrogen-bond acceptors (Lipinski definition) is 2. The van der Waals surface area contributed by atoms with Gasteiger partial charge >= 0.3 is 0 Å². The van der Waals surface area contributed by atoms with E-state index in [9.17, 15) is 4.79 Å². The van der Waals surface area contributed by atoms with E-state index in [1.807, 2.05) is 47.4 Å². The number of benzene rings is 3. The first-order valence-electron chi connectivity index (χ1n) is 9.63. The van der Waals surface area contributed by atoms with Gasteiger partial charge in [-0.05, 0) is 28.8 Å². The second kappa shape index (κ2) is 6.97. The Morgan fingerprint density at radius 2 is 1.57 bits per heavy atom. The number of carbonyl (C=O) groups excluding carboxylic acids is 1. The number of H-pyrrole nitrogens is 1. The highest BCUT2D eigenvalue weighted by molar-refractivity contribution is 5.80. The monoisotopic (exact) mass is 367 g/mol. The van der Waals surface area contributed by atoms with Gasteiger partial charge in [0.15, 0.2) is 0 Å². The normalized spacial score (nSPS) is 14.2. The van der Waals surface area contributed by atoms with Crippen molar-refractivity contribution in [3.63, 3.8) is 0 Å². The molecule has 3 aromatic carbocycles. The van der Waals surface area contributed by atoms with Gasteiger partial charge in [-0.2, -0.15) is 0 Å². The molecule has 0 saturated carbocycles. The number of aromatic amines is 1. The SMILES string of the molecule is O=C(Cc1ccc(-c2ccccc2)cc1)N1CC(c2nc3ccccc3[nH]2)C1. The maximum absolute atomic E-state index is 12.6. The Balaban J connectivity index is 1.20. The molecule has 1 saturated heterocycles. The maximum Gasteiger partial charge on any atom is 0.227 e. The van der Waals surface area contributed by atoms with Crippen LogP contribution in [0.15, 0.2) is 78.9 Å². The van der Waals surface area contributed by atoms with Crippen LogP contribution in [-0.4, -0.2) is 33.9 Å². The lowest BCUT2D eigenvalue weighted by Gasteiger charge is -2.38. The molecule has 4 heteroatoms. The Labute approximate surface area is 163 Å². The van der Waals surface area contributed by atoms with Crippen LogP contribution in [0.3, 0.4) is 0 Å². The molecule has 1 aliphatic rings. The fourth-order valence-electron chi connectivity index (χ4n) is 3.75. The van der Waals surface area contributed by atoms with Crippen molar-refractivity contribution in [3.8, 4) is 11.1 Å². The molecule has 4 aromatic rings. The van der Waals surface area contributed by atoms with E-state index in [-0.39, 0.29) is 5.91 Å². The number of imidazole rings is 1. The zero-order chi connectivity index (χ0) is 18.9. The highest BCUT2D eigenvalue weighted by Gasteiger charge is 2.33. The van der Waals surface area contributed by atoms with Gasteiger partial charge in [0.1, 0.15) is 5.82 Å². The third-order valence-electron chi connectivity index (χ3n) is 5.45. The van der Waals surface area contributed by atoms with Gasteiger partial charge in [-0.15, -0.1) is 0 Å². The molecular weight excluding hydrogens is 346 g/mol. The van der Waals surface area contributed by atoms with Crippen LogP contribution in [0.4, 0.5) is 0 Å². The summed E-state index contributed by atoms with van der Waals surface area (Å²) in [7, 11) is 0. The van der Waals surface area contributed by atoms with Crippen LogP contribution in [0.5, 0.6) is 0 Å². The minimum Gasteiger partial charge on any atom is -0.342 e. The fraction of sp³-hybridized carbons (Fsp3) is 0.167. The number of likely N-dealkylation sites (tertiary alicyclic amines) is 1. The lowest BCUT2D eigenvalue weighted by Crippen LogP contribution is -2.49. The molecular formula is C24H21N3O. The zero-order valence-electron chi connectivity index (χ0n) is 15.5. The molecule has 0 bridgehead atoms. The van der Waals surface area contributed by atoms with E-state index in [0.29, 0.717) is 12.3 Å². The first-order valence-corrected chi connectivity index (χ1v) is 9.63. The van der Waals surface area contributed by atoms with Crippen LogP contribution in [0, 0.1) is 0 Å². The number of fused-ring (bicyclic) bond motifs is 1. The molecule has 0 aliphatic carbocycles. The molecule has 0 atom stereocenters. The summed E-state index contributed by atoms with van der Waals surface area (Å²) in [6.07, 6.45) is 0.446. The third-order valence-corrected chi connectivity index (χ3v) is 5.45. The van der Waals surface area contributed by atoms with Gasteiger partial charge in [0.25, 0.3) is 0 Å². The van der Waals surface area contributed by atoms with Gasteiger partial charge in [-0.1, -0.05) is 66.7 Å². The van der Waals surface area contributed by atoms with E-state index in [4.69, 9.17) is 0 Å². The van der Waals surface area contributed by atoms with Crippen LogP contribution in [0.2, 0.25) is 0 Å². The third kappa shape index (κ3) is 3.18. The van der Waals surface area contributed by atoms with E-state index < -0.39 is 0 Å². The first-order chi connectivity index (χ1) is 13.8. The van der Waals surface area contributed by atoms with Gasteiger partial charge in [-0.25, -0.2) is 4.98 Å². The molecule has 4 nitrogen and oxygen atoms in total. The number of aromatic nitrogens is 2. The van der Waals surface area contributed by atoms with Crippen molar-refractivity contribution in [1.82, 2.24) is 14.9 Å². The van der Waals surface area contributed by atoms with E-state index >= 15 is 0 Å². The van der Waals surface area contributed by atoms with Crippen molar-refractivity contribution in [2.75, 3.05) is 13.1 Å². The number of rotatable bonds is 4. The summed E-state index contributed by atoms with van der Waals surface area (Å²) in [6.45, 7) is 1.47. The smallest absolute Gasteiger partial charge is 0.227 e. The van der Waals surface area contributed by atoms with E-state index in [2.05, 4.69) is 46.4 Å². The average molecular weight is 367 g/mol. The van der Waals surface area contributed by atoms with Crippen molar-refractivity contribution >= 4 is 16.9 Å². The molecule has 1 N–H and O–H groups in total. The minimum atomic E-state index is 0.180. The predicted molar refractivity (Wildman–Crippen MR) is 111 cm³/mol. The van der Waals surface area contributed by atoms with Crippen molar-refractivity contribution < 1.29 is 4.79 Å². The summed E-state index contributed by atoms with van der Waals surface area (Å²) in [4.78, 5) is 22.6. The Kier molecular flexibility index (Phi) is 4.17. The maximum atomic E-state index is 12.6. The van der Waals surface area contributed by atoms with Crippen LogP contribution in [-0.2, 0) is 11.2 Å². The molecule has 0 spiro atoms. The van der Waals surface area contributed by atoms with Crippen molar-refractivity contribution in [3.05, 3.63) is 90.3 Å². The van der Waals surface area contributed by atoms with Crippen LogP contribution >= 0.6 is 0 Å². The predicted octanol–water partition coefficient (Wildman–Crippen LogP) is 4.40. The van der Waals surface area contributed by atoms with E-state index in [0.717, 1.165) is 35.5 Å². The molecule has 1 aromatic heterocycles. The zero-order valence-corrected chi connectivity index (χ0v) is 15.5. The molecule has 28 heavy (non-hydrogen) atoms. The minimum absolute atomic E-state index is 0.180. The molecule has 1 fully saturated rings.